The number of benzene rings is 1. The molecule has 8 aliphatic rings. The van der Waals surface area contributed by atoms with Gasteiger partial charge in [-0.2, -0.15) is 0 Å². The van der Waals surface area contributed by atoms with E-state index in [9.17, 15) is 9.59 Å². The highest BCUT2D eigenvalue weighted by atomic mass is 32.2. The Morgan fingerprint density at radius 1 is 0.684 bits per heavy atom. The van der Waals surface area contributed by atoms with Crippen molar-refractivity contribution < 1.29 is 33.7 Å². The Balaban J connectivity index is 1.13. The minimum Gasteiger partial charge on any atom is -0.455 e. The third-order valence-electron chi connectivity index (χ3n) is 10.8. The van der Waals surface area contributed by atoms with Crippen LogP contribution in [0.5, 0.6) is 0 Å². The first-order valence-electron chi connectivity index (χ1n) is 14.6. The zero-order chi connectivity index (χ0) is 25.9. The van der Waals surface area contributed by atoms with Crippen LogP contribution in [0.1, 0.15) is 111 Å². The second kappa shape index (κ2) is 9.79. The number of esters is 2. The molecular weight excluding hydrogens is 504 g/mol. The molecule has 0 aliphatic heterocycles. The van der Waals surface area contributed by atoms with Gasteiger partial charge in [0.25, 0.3) is 0 Å². The van der Waals surface area contributed by atoms with Crippen molar-refractivity contribution in [2.75, 3.05) is 0 Å². The van der Waals surface area contributed by atoms with E-state index in [-0.39, 0.29) is 0 Å². The van der Waals surface area contributed by atoms with E-state index in [1.807, 2.05) is 0 Å². The highest BCUT2D eigenvalue weighted by Gasteiger charge is 2.51. The molecule has 4 unspecified atom stereocenters. The maximum Gasteiger partial charge on any atom is 0.338 e. The van der Waals surface area contributed by atoms with Gasteiger partial charge < -0.3 is 9.47 Å². The van der Waals surface area contributed by atoms with Gasteiger partial charge in [0.2, 0.25) is 0 Å². The summed E-state index contributed by atoms with van der Waals surface area (Å²) in [5.74, 6) is 3.32. The molecule has 0 amide bonds. The summed E-state index contributed by atoms with van der Waals surface area (Å²) in [5.41, 5.74) is -0.193. The van der Waals surface area contributed by atoms with Crippen molar-refractivity contribution in [1.29, 1.82) is 0 Å². The molecule has 9 rings (SSSR count). The second-order valence-corrected chi connectivity index (χ2v) is 14.4. The Hall–Kier alpha value is -1.61. The Kier molecular flexibility index (Phi) is 6.53. The van der Waals surface area contributed by atoms with E-state index in [4.69, 9.17) is 14.7 Å². The van der Waals surface area contributed by atoms with Crippen LogP contribution in [0.4, 0.5) is 0 Å². The summed E-state index contributed by atoms with van der Waals surface area (Å²) in [4.78, 5) is 27.6. The summed E-state index contributed by atoms with van der Waals surface area (Å²) >= 11 is 0.742. The zero-order valence-electron chi connectivity index (χ0n) is 21.9. The molecule has 38 heavy (non-hydrogen) atoms. The molecule has 0 heterocycles. The second-order valence-electron chi connectivity index (χ2n) is 13.6. The highest BCUT2D eigenvalue weighted by molar-refractivity contribution is 7.94. The predicted molar refractivity (Wildman–Crippen MR) is 139 cm³/mol. The molecule has 8 aliphatic carbocycles. The van der Waals surface area contributed by atoms with Gasteiger partial charge in [-0.15, -0.1) is 4.33 Å². The minimum absolute atomic E-state index is 0.304. The maximum atomic E-state index is 13.6. The average molecular weight is 543 g/mol. The van der Waals surface area contributed by atoms with Gasteiger partial charge in [0.15, 0.2) is 0 Å². The SMILES string of the molecule is O=C(OC12CCC3CC(CC(C3)C1)C2)c1cc(SOOO)cc(C(=O)OC23CCC4CC(CC(C4)C2)C3)c1. The molecule has 1 aromatic carbocycles. The summed E-state index contributed by atoms with van der Waals surface area (Å²) in [6, 6.07) is 4.87. The lowest BCUT2D eigenvalue weighted by Crippen LogP contribution is -2.43. The number of ether oxygens (including phenoxy) is 2. The van der Waals surface area contributed by atoms with Gasteiger partial charge in [-0.05, 0) is 144 Å². The molecule has 0 spiro atoms. The average Bonchev–Trinajstić information content (AvgIpc) is 3.20. The molecule has 4 atom stereocenters. The molecule has 8 saturated carbocycles. The highest BCUT2D eigenvalue weighted by Crippen LogP contribution is 2.56. The van der Waals surface area contributed by atoms with Gasteiger partial charge in [0.1, 0.15) is 11.2 Å². The van der Waals surface area contributed by atoms with E-state index in [1.54, 1.807) is 18.2 Å². The van der Waals surface area contributed by atoms with Gasteiger partial charge >= 0.3 is 11.9 Å². The van der Waals surface area contributed by atoms with Crippen molar-refractivity contribution in [3.8, 4) is 0 Å². The van der Waals surface area contributed by atoms with E-state index >= 15 is 0 Å². The van der Waals surface area contributed by atoms with E-state index in [2.05, 4.69) is 9.37 Å². The fourth-order valence-electron chi connectivity index (χ4n) is 9.87. The number of fused-ring (bicyclic) bond motifs is 2. The van der Waals surface area contributed by atoms with Crippen LogP contribution < -0.4 is 0 Å². The lowest BCUT2D eigenvalue weighted by atomic mass is 9.66. The summed E-state index contributed by atoms with van der Waals surface area (Å²) in [6.45, 7) is 0. The molecule has 8 fully saturated rings. The first-order valence-corrected chi connectivity index (χ1v) is 15.4. The Morgan fingerprint density at radius 2 is 1.11 bits per heavy atom. The van der Waals surface area contributed by atoms with Crippen LogP contribution in [0, 0.1) is 35.5 Å². The lowest BCUT2D eigenvalue weighted by Gasteiger charge is -2.44. The molecule has 7 nitrogen and oxygen atoms in total. The normalized spacial score (nSPS) is 40.6. The summed E-state index contributed by atoms with van der Waals surface area (Å²) in [7, 11) is 0. The standard InChI is InChI=1S/C30H38O7S/c31-27(34-29-3-1-18-5-20(14-29)9-21(6-18)15-29)24-11-25(13-26(12-24)38-37-36-33)28(32)35-30-4-2-19-7-22(16-30)10-23(8-19)17-30/h11-13,18-23,33H,1-10,14-17H2. The quantitative estimate of drug-likeness (QED) is 0.168. The van der Waals surface area contributed by atoms with E-state index in [0.717, 1.165) is 75.2 Å². The number of rotatable bonds is 7. The first-order chi connectivity index (χ1) is 18.4. The van der Waals surface area contributed by atoms with Crippen LogP contribution >= 0.6 is 12.0 Å². The Morgan fingerprint density at radius 3 is 1.53 bits per heavy atom. The Labute approximate surface area is 228 Å². The third kappa shape index (κ3) is 4.91. The van der Waals surface area contributed by atoms with Crippen LogP contribution in [0.3, 0.4) is 0 Å². The summed E-state index contributed by atoms with van der Waals surface area (Å²) < 4.78 is 17.3. The molecular formula is C30H38O7S. The molecule has 8 heteroatoms. The summed E-state index contributed by atoms with van der Waals surface area (Å²) in [5, 5.41) is 12.5. The fourth-order valence-corrected chi connectivity index (χ4v) is 10.3. The molecule has 1 N–H and O–H groups in total. The van der Waals surface area contributed by atoms with Crippen LogP contribution in [0.15, 0.2) is 23.1 Å². The number of hydrogen-bond donors (Lipinski definition) is 1. The zero-order valence-corrected chi connectivity index (χ0v) is 22.7. The van der Waals surface area contributed by atoms with Crippen LogP contribution in [0.25, 0.3) is 0 Å². The van der Waals surface area contributed by atoms with Crippen LogP contribution in [0.2, 0.25) is 0 Å². The third-order valence-corrected chi connectivity index (χ3v) is 11.4. The van der Waals surface area contributed by atoms with Crippen molar-refractivity contribution in [2.24, 2.45) is 35.5 Å². The number of carbonyl (C=O) groups excluding carboxylic acids is 2. The van der Waals surface area contributed by atoms with E-state index in [1.165, 1.54) is 38.5 Å². The first kappa shape index (κ1) is 25.4. The van der Waals surface area contributed by atoms with Crippen molar-refractivity contribution in [2.45, 2.75) is 106 Å². The van der Waals surface area contributed by atoms with Crippen LogP contribution in [-0.2, 0) is 18.8 Å². The van der Waals surface area contributed by atoms with Gasteiger partial charge in [0, 0.05) is 4.90 Å². The Bertz CT molecular complexity index is 998. The molecule has 206 valence electrons. The van der Waals surface area contributed by atoms with Crippen LogP contribution in [-0.4, -0.2) is 28.4 Å². The van der Waals surface area contributed by atoms with Crippen molar-refractivity contribution in [3.05, 3.63) is 29.3 Å². The van der Waals surface area contributed by atoms with E-state index < -0.39 is 23.1 Å². The lowest BCUT2D eigenvalue weighted by molar-refractivity contribution is -0.432. The molecule has 0 saturated heterocycles. The van der Waals surface area contributed by atoms with Gasteiger partial charge in [-0.1, -0.05) is 5.04 Å². The summed E-state index contributed by atoms with van der Waals surface area (Å²) in [6.07, 6.45) is 15.5. The van der Waals surface area contributed by atoms with Crippen molar-refractivity contribution in [3.63, 3.8) is 0 Å². The molecule has 8 bridgehead atoms. The van der Waals surface area contributed by atoms with Gasteiger partial charge in [-0.3, -0.25) is 0 Å². The minimum atomic E-state index is -0.405. The van der Waals surface area contributed by atoms with E-state index in [0.29, 0.717) is 39.7 Å². The maximum absolute atomic E-state index is 13.6. The van der Waals surface area contributed by atoms with Gasteiger partial charge in [0.05, 0.1) is 23.2 Å². The monoisotopic (exact) mass is 542 g/mol. The molecule has 1 aromatic rings. The molecule has 0 radical (unpaired) electrons. The molecule has 0 aromatic heterocycles. The smallest absolute Gasteiger partial charge is 0.338 e. The fraction of sp³-hybridized carbons (Fsp3) is 0.733. The van der Waals surface area contributed by atoms with Crippen molar-refractivity contribution >= 4 is 24.0 Å². The topological polar surface area (TPSA) is 91.3 Å². The largest absolute Gasteiger partial charge is 0.455 e. The van der Waals surface area contributed by atoms with Crippen molar-refractivity contribution in [1.82, 2.24) is 0 Å². The number of hydrogen-bond acceptors (Lipinski definition) is 8. The van der Waals surface area contributed by atoms with Gasteiger partial charge in [-0.25, -0.2) is 14.8 Å². The predicted octanol–water partition coefficient (Wildman–Crippen LogP) is 7.15. The number of carbonyl (C=O) groups is 2.